The summed E-state index contributed by atoms with van der Waals surface area (Å²) in [6, 6.07) is 9.60. The lowest BCUT2D eigenvalue weighted by Crippen LogP contribution is -2.22. The molecule has 0 fully saturated rings. The number of carbonyl (C=O) groups is 1. The number of amides is 1. The summed E-state index contributed by atoms with van der Waals surface area (Å²) in [5, 5.41) is 5.61. The third kappa shape index (κ3) is 4.41. The smallest absolute Gasteiger partial charge is 0.416 e. The third-order valence-electron chi connectivity index (χ3n) is 3.50. The normalized spacial score (nSPS) is 11.2. The zero-order valence-electron chi connectivity index (χ0n) is 13.4. The van der Waals surface area contributed by atoms with Crippen LogP contribution in [0.5, 0.6) is 0 Å². The summed E-state index contributed by atoms with van der Waals surface area (Å²) >= 11 is 0. The van der Waals surface area contributed by atoms with Gasteiger partial charge in [0.25, 0.3) is 5.91 Å². The highest BCUT2D eigenvalue weighted by molar-refractivity contribution is 5.94. The molecule has 2 heterocycles. The van der Waals surface area contributed by atoms with Gasteiger partial charge in [-0.25, -0.2) is 0 Å². The van der Waals surface area contributed by atoms with Crippen molar-refractivity contribution in [3.05, 3.63) is 78.0 Å². The van der Waals surface area contributed by atoms with Crippen LogP contribution in [0, 0.1) is 0 Å². The third-order valence-corrected chi connectivity index (χ3v) is 3.50. The van der Waals surface area contributed by atoms with Crippen molar-refractivity contribution in [2.75, 3.05) is 5.32 Å². The van der Waals surface area contributed by atoms with Crippen LogP contribution in [0.1, 0.15) is 21.7 Å². The molecule has 3 rings (SSSR count). The minimum Gasteiger partial charge on any atom is -0.467 e. The molecule has 26 heavy (non-hydrogen) atoms. The molecule has 0 saturated carbocycles. The van der Waals surface area contributed by atoms with Crippen LogP contribution in [0.25, 0.3) is 0 Å². The molecule has 0 aliphatic carbocycles. The Bertz CT molecular complexity index is 875. The van der Waals surface area contributed by atoms with Crippen molar-refractivity contribution in [3.8, 4) is 0 Å². The zero-order chi connectivity index (χ0) is 18.6. The Balaban J connectivity index is 1.66. The molecule has 0 aliphatic rings. The molecule has 0 atom stereocenters. The number of furan rings is 1. The fraction of sp³-hybridized carbons (Fsp3) is 0.111. The predicted molar refractivity (Wildman–Crippen MR) is 88.8 cm³/mol. The number of hydrogen-bond donors (Lipinski definition) is 2. The van der Waals surface area contributed by atoms with Gasteiger partial charge in [0, 0.05) is 11.9 Å². The maximum Gasteiger partial charge on any atom is 0.416 e. The second-order valence-electron chi connectivity index (χ2n) is 5.42. The lowest BCUT2D eigenvalue weighted by atomic mass is 10.2. The quantitative estimate of drug-likeness (QED) is 0.708. The number of rotatable bonds is 5. The Hall–Kier alpha value is -3.29. The van der Waals surface area contributed by atoms with Crippen molar-refractivity contribution in [3.63, 3.8) is 0 Å². The summed E-state index contributed by atoms with van der Waals surface area (Å²) in [5.41, 5.74) is 0.518. The van der Waals surface area contributed by atoms with Gasteiger partial charge >= 0.3 is 6.18 Å². The van der Waals surface area contributed by atoms with Crippen LogP contribution in [0.3, 0.4) is 0 Å². The molecule has 8 heteroatoms. The topological polar surface area (TPSA) is 67.2 Å². The van der Waals surface area contributed by atoms with Crippen molar-refractivity contribution < 1.29 is 22.4 Å². The molecule has 2 N–H and O–H groups in total. The van der Waals surface area contributed by atoms with Crippen LogP contribution in [-0.2, 0) is 12.7 Å². The SMILES string of the molecule is O=C(NCc1ccco1)c1cncc(Nc2ccc(C(F)(F)F)cc2)c1. The molecular formula is C18H14F3N3O2. The Labute approximate surface area is 146 Å². The van der Waals surface area contributed by atoms with E-state index in [0.29, 0.717) is 22.7 Å². The standard InChI is InChI=1S/C18H14F3N3O2/c19-18(20,21)13-3-5-14(6-4-13)24-15-8-12(9-22-10-15)17(25)23-11-16-2-1-7-26-16/h1-10,24H,11H2,(H,23,25). The Morgan fingerprint density at radius 2 is 1.85 bits per heavy atom. The van der Waals surface area contributed by atoms with Crippen LogP contribution < -0.4 is 10.6 Å². The molecule has 0 aliphatic heterocycles. The van der Waals surface area contributed by atoms with Crippen LogP contribution in [0.2, 0.25) is 0 Å². The van der Waals surface area contributed by atoms with Crippen LogP contribution >= 0.6 is 0 Å². The minimum atomic E-state index is -4.38. The summed E-state index contributed by atoms with van der Waals surface area (Å²) < 4.78 is 42.9. The van der Waals surface area contributed by atoms with Crippen molar-refractivity contribution >= 4 is 17.3 Å². The van der Waals surface area contributed by atoms with E-state index in [1.54, 1.807) is 18.2 Å². The second-order valence-corrected chi connectivity index (χ2v) is 5.42. The van der Waals surface area contributed by atoms with Gasteiger partial charge in [0.05, 0.1) is 35.8 Å². The lowest BCUT2D eigenvalue weighted by molar-refractivity contribution is -0.137. The summed E-state index contributed by atoms with van der Waals surface area (Å²) in [7, 11) is 0. The predicted octanol–water partition coefficient (Wildman–Crippen LogP) is 4.37. The first kappa shape index (κ1) is 17.5. The van der Waals surface area contributed by atoms with Gasteiger partial charge in [-0.05, 0) is 42.5 Å². The van der Waals surface area contributed by atoms with E-state index in [1.165, 1.54) is 30.8 Å². The van der Waals surface area contributed by atoms with E-state index in [-0.39, 0.29) is 12.5 Å². The molecule has 3 aromatic rings. The van der Waals surface area contributed by atoms with Gasteiger partial charge in [-0.1, -0.05) is 0 Å². The van der Waals surface area contributed by atoms with Gasteiger partial charge in [0.2, 0.25) is 0 Å². The van der Waals surface area contributed by atoms with E-state index in [2.05, 4.69) is 15.6 Å². The van der Waals surface area contributed by atoms with E-state index >= 15 is 0 Å². The van der Waals surface area contributed by atoms with E-state index in [4.69, 9.17) is 4.42 Å². The number of pyridine rings is 1. The fourth-order valence-corrected chi connectivity index (χ4v) is 2.22. The molecule has 5 nitrogen and oxygen atoms in total. The molecule has 1 aromatic carbocycles. The molecule has 0 unspecified atom stereocenters. The van der Waals surface area contributed by atoms with Crippen LogP contribution in [0.4, 0.5) is 24.5 Å². The highest BCUT2D eigenvalue weighted by Gasteiger charge is 2.29. The average Bonchev–Trinajstić information content (AvgIpc) is 3.13. The number of hydrogen-bond acceptors (Lipinski definition) is 4. The number of benzene rings is 1. The monoisotopic (exact) mass is 361 g/mol. The highest BCUT2D eigenvalue weighted by Crippen LogP contribution is 2.30. The van der Waals surface area contributed by atoms with Crippen molar-refractivity contribution in [1.29, 1.82) is 0 Å². The van der Waals surface area contributed by atoms with E-state index in [0.717, 1.165) is 12.1 Å². The number of nitrogens with one attached hydrogen (secondary N) is 2. The Kier molecular flexibility index (Phi) is 4.92. The number of carbonyl (C=O) groups excluding carboxylic acids is 1. The van der Waals surface area contributed by atoms with Gasteiger partial charge in [-0.3, -0.25) is 9.78 Å². The fourth-order valence-electron chi connectivity index (χ4n) is 2.22. The Morgan fingerprint density at radius 3 is 2.50 bits per heavy atom. The van der Waals surface area contributed by atoms with Gasteiger partial charge < -0.3 is 15.1 Å². The van der Waals surface area contributed by atoms with E-state index in [1.807, 2.05) is 0 Å². The van der Waals surface area contributed by atoms with Crippen molar-refractivity contribution in [1.82, 2.24) is 10.3 Å². The molecule has 1 amide bonds. The lowest BCUT2D eigenvalue weighted by Gasteiger charge is -2.10. The van der Waals surface area contributed by atoms with Gasteiger partial charge in [0.15, 0.2) is 0 Å². The van der Waals surface area contributed by atoms with Crippen molar-refractivity contribution in [2.24, 2.45) is 0 Å². The molecule has 0 spiro atoms. The highest BCUT2D eigenvalue weighted by atomic mass is 19.4. The van der Waals surface area contributed by atoms with Crippen molar-refractivity contribution in [2.45, 2.75) is 12.7 Å². The van der Waals surface area contributed by atoms with E-state index < -0.39 is 11.7 Å². The number of aromatic nitrogens is 1. The molecule has 0 radical (unpaired) electrons. The average molecular weight is 361 g/mol. The molecule has 2 aromatic heterocycles. The molecule has 134 valence electrons. The first-order chi connectivity index (χ1) is 12.4. The van der Waals surface area contributed by atoms with Gasteiger partial charge in [-0.2, -0.15) is 13.2 Å². The van der Waals surface area contributed by atoms with Gasteiger partial charge in [0.1, 0.15) is 5.76 Å². The number of alkyl halides is 3. The zero-order valence-corrected chi connectivity index (χ0v) is 13.4. The molecule has 0 bridgehead atoms. The Morgan fingerprint density at radius 1 is 1.08 bits per heavy atom. The van der Waals surface area contributed by atoms with Gasteiger partial charge in [-0.15, -0.1) is 0 Å². The molecule has 0 saturated heterocycles. The number of anilines is 2. The maximum atomic E-state index is 12.6. The number of nitrogens with zero attached hydrogens (tertiary/aromatic N) is 1. The van der Waals surface area contributed by atoms with E-state index in [9.17, 15) is 18.0 Å². The molecular weight excluding hydrogens is 347 g/mol. The maximum absolute atomic E-state index is 12.6. The summed E-state index contributed by atoms with van der Waals surface area (Å²) in [6.07, 6.45) is 0.000108. The minimum absolute atomic E-state index is 0.238. The summed E-state index contributed by atoms with van der Waals surface area (Å²) in [5.74, 6) is 0.273. The first-order valence-corrected chi connectivity index (χ1v) is 7.62. The first-order valence-electron chi connectivity index (χ1n) is 7.62. The summed E-state index contributed by atoms with van der Waals surface area (Å²) in [6.45, 7) is 0.238. The largest absolute Gasteiger partial charge is 0.467 e. The van der Waals surface area contributed by atoms with Crippen LogP contribution in [-0.4, -0.2) is 10.9 Å². The second kappa shape index (κ2) is 7.30. The number of halogens is 3. The summed E-state index contributed by atoms with van der Waals surface area (Å²) in [4.78, 5) is 16.1. The van der Waals surface area contributed by atoms with Crippen LogP contribution in [0.15, 0.2) is 65.5 Å².